The van der Waals surface area contributed by atoms with Gasteiger partial charge in [0.15, 0.2) is 0 Å². The molecule has 0 radical (unpaired) electrons. The molecular weight excluding hydrogens is 344 g/mol. The number of ether oxygens (including phenoxy) is 2. The molecule has 0 aromatic heterocycles. The fourth-order valence-corrected chi connectivity index (χ4v) is 3.55. The van der Waals surface area contributed by atoms with E-state index in [1.165, 1.54) is 5.06 Å². The summed E-state index contributed by atoms with van der Waals surface area (Å²) in [6, 6.07) is 8.68. The second kappa shape index (κ2) is 8.00. The van der Waals surface area contributed by atoms with Crippen LogP contribution in [0.3, 0.4) is 0 Å². The van der Waals surface area contributed by atoms with Gasteiger partial charge in [0.25, 0.3) is 0 Å². The Morgan fingerprint density at radius 3 is 2.52 bits per heavy atom. The van der Waals surface area contributed by atoms with E-state index in [9.17, 15) is 10.0 Å². The summed E-state index contributed by atoms with van der Waals surface area (Å²) in [4.78, 5) is 14.5. The third-order valence-corrected chi connectivity index (χ3v) is 4.55. The smallest absolute Gasteiger partial charge is 0.412 e. The molecule has 1 aliphatic heterocycles. The largest absolute Gasteiger partial charge is 0.444 e. The number of rotatable bonds is 5. The van der Waals surface area contributed by atoms with E-state index in [2.05, 4.69) is 6.58 Å². The second-order valence-corrected chi connectivity index (χ2v) is 8.42. The van der Waals surface area contributed by atoms with Crippen molar-refractivity contribution >= 4 is 6.09 Å². The lowest BCUT2D eigenvalue weighted by molar-refractivity contribution is -0.139. The van der Waals surface area contributed by atoms with Crippen LogP contribution in [0.4, 0.5) is 4.79 Å². The minimum atomic E-state index is -0.860. The van der Waals surface area contributed by atoms with Gasteiger partial charge in [-0.05, 0) is 47.1 Å². The number of hydroxylamine groups is 2. The number of amides is 1. The van der Waals surface area contributed by atoms with Crippen molar-refractivity contribution < 1.29 is 19.5 Å². The summed E-state index contributed by atoms with van der Waals surface area (Å²) in [5.41, 5.74) is -0.529. The minimum absolute atomic E-state index is 0.305. The monoisotopic (exact) mass is 376 g/mol. The van der Waals surface area contributed by atoms with E-state index in [0.29, 0.717) is 6.54 Å². The molecule has 3 atom stereocenters. The van der Waals surface area contributed by atoms with E-state index in [1.807, 2.05) is 71.9 Å². The highest BCUT2D eigenvalue weighted by atomic mass is 16.6. The normalized spacial score (nSPS) is 23.3. The molecule has 27 heavy (non-hydrogen) atoms. The van der Waals surface area contributed by atoms with Crippen LogP contribution in [0, 0.1) is 0 Å². The molecule has 2 rings (SSSR count). The fraction of sp³-hybridized carbons (Fsp3) is 0.571. The number of carbonyl (C=O) groups is 1. The van der Waals surface area contributed by atoms with Crippen LogP contribution in [0.25, 0.3) is 0 Å². The summed E-state index contributed by atoms with van der Waals surface area (Å²) in [6.45, 7) is 15.2. The van der Waals surface area contributed by atoms with Crippen molar-refractivity contribution in [1.29, 1.82) is 0 Å². The molecule has 0 spiro atoms. The van der Waals surface area contributed by atoms with Gasteiger partial charge in [0.1, 0.15) is 11.3 Å². The maximum absolute atomic E-state index is 12.9. The Kier molecular flexibility index (Phi) is 6.35. The van der Waals surface area contributed by atoms with Gasteiger partial charge in [0.05, 0.1) is 18.2 Å². The SMILES string of the molecule is C=C[C@@H]([C@@H]1[C@@H](C)OC(C)(C)N1C(=O)OC(C)(C)C)N(O)Cc1ccccc1. The maximum Gasteiger partial charge on any atom is 0.412 e. The van der Waals surface area contributed by atoms with Gasteiger partial charge in [-0.1, -0.05) is 36.4 Å². The molecule has 0 aliphatic carbocycles. The Balaban J connectivity index is 2.29. The third-order valence-electron chi connectivity index (χ3n) is 4.55. The molecular formula is C21H32N2O4. The number of carbonyl (C=O) groups excluding carboxylic acids is 1. The molecule has 0 bridgehead atoms. The van der Waals surface area contributed by atoms with Gasteiger partial charge in [-0.3, -0.25) is 4.90 Å². The Hall–Kier alpha value is -1.89. The molecule has 1 aliphatic rings. The van der Waals surface area contributed by atoms with E-state index in [4.69, 9.17) is 9.47 Å². The average Bonchev–Trinajstić information content (AvgIpc) is 2.76. The van der Waals surface area contributed by atoms with Crippen LogP contribution >= 0.6 is 0 Å². The average molecular weight is 376 g/mol. The molecule has 1 N–H and O–H groups in total. The van der Waals surface area contributed by atoms with Crippen LogP contribution in [0.5, 0.6) is 0 Å². The van der Waals surface area contributed by atoms with Gasteiger partial charge in [-0.15, -0.1) is 6.58 Å². The van der Waals surface area contributed by atoms with Crippen molar-refractivity contribution in [3.05, 3.63) is 48.6 Å². The predicted octanol–water partition coefficient (Wildman–Crippen LogP) is 4.19. The Morgan fingerprint density at radius 1 is 1.41 bits per heavy atom. The number of hydrogen-bond acceptors (Lipinski definition) is 5. The number of benzene rings is 1. The van der Waals surface area contributed by atoms with Crippen molar-refractivity contribution in [3.63, 3.8) is 0 Å². The standard InChI is InChI=1S/C21H32N2O4/c1-8-17(22(25)14-16-12-10-9-11-13-16)18-15(2)26-21(6,7)23(18)19(24)27-20(3,4)5/h8-13,15,17-18,25H,1,14H2,2-7H3/t15-,17+,18+/m1/s1. The molecule has 150 valence electrons. The van der Waals surface area contributed by atoms with E-state index >= 15 is 0 Å². The quantitative estimate of drug-likeness (QED) is 0.617. The molecule has 6 heteroatoms. The second-order valence-electron chi connectivity index (χ2n) is 8.42. The highest BCUT2D eigenvalue weighted by molar-refractivity contribution is 5.70. The predicted molar refractivity (Wildman–Crippen MR) is 104 cm³/mol. The van der Waals surface area contributed by atoms with Gasteiger partial charge in [-0.2, -0.15) is 5.06 Å². The molecule has 1 saturated heterocycles. The lowest BCUT2D eigenvalue weighted by Gasteiger charge is -2.39. The summed E-state index contributed by atoms with van der Waals surface area (Å²) in [7, 11) is 0. The van der Waals surface area contributed by atoms with E-state index in [-0.39, 0.29) is 6.10 Å². The van der Waals surface area contributed by atoms with Crippen molar-refractivity contribution in [3.8, 4) is 0 Å². The highest BCUT2D eigenvalue weighted by Gasteiger charge is 2.52. The van der Waals surface area contributed by atoms with E-state index < -0.39 is 29.5 Å². The van der Waals surface area contributed by atoms with Crippen molar-refractivity contribution in [2.45, 2.75) is 77.6 Å². The van der Waals surface area contributed by atoms with Crippen LogP contribution in [-0.2, 0) is 16.0 Å². The Bertz CT molecular complexity index is 654. The Labute approximate surface area is 162 Å². The molecule has 0 saturated carbocycles. The van der Waals surface area contributed by atoms with Crippen molar-refractivity contribution in [1.82, 2.24) is 9.96 Å². The summed E-state index contributed by atoms with van der Waals surface area (Å²) in [6.07, 6.45) is 0.870. The molecule has 1 fully saturated rings. The van der Waals surface area contributed by atoms with Gasteiger partial charge in [0, 0.05) is 6.54 Å². The van der Waals surface area contributed by atoms with Crippen LogP contribution in [0.1, 0.15) is 47.1 Å². The molecule has 1 aromatic carbocycles. The fourth-order valence-electron chi connectivity index (χ4n) is 3.55. The minimum Gasteiger partial charge on any atom is -0.444 e. The summed E-state index contributed by atoms with van der Waals surface area (Å²) < 4.78 is 11.6. The maximum atomic E-state index is 12.9. The van der Waals surface area contributed by atoms with Crippen LogP contribution in [0.2, 0.25) is 0 Å². The topological polar surface area (TPSA) is 62.2 Å². The molecule has 1 aromatic rings. The van der Waals surface area contributed by atoms with E-state index in [0.717, 1.165) is 5.56 Å². The third kappa shape index (κ3) is 5.09. The zero-order valence-electron chi connectivity index (χ0n) is 17.2. The number of hydrogen-bond donors (Lipinski definition) is 1. The molecule has 1 amide bonds. The molecule has 1 heterocycles. The molecule has 0 unspecified atom stereocenters. The summed E-state index contributed by atoms with van der Waals surface area (Å²) in [5.74, 6) is 0. The van der Waals surface area contributed by atoms with Crippen molar-refractivity contribution in [2.75, 3.05) is 0 Å². The van der Waals surface area contributed by atoms with Gasteiger partial charge in [-0.25, -0.2) is 4.79 Å². The first-order valence-corrected chi connectivity index (χ1v) is 9.28. The zero-order valence-corrected chi connectivity index (χ0v) is 17.2. The number of nitrogens with zero attached hydrogens (tertiary/aromatic N) is 2. The first kappa shape index (κ1) is 21.4. The lowest BCUT2D eigenvalue weighted by Crippen LogP contribution is -2.57. The summed E-state index contributed by atoms with van der Waals surface area (Å²) in [5, 5.41) is 12.0. The molecule has 6 nitrogen and oxygen atoms in total. The van der Waals surface area contributed by atoms with Gasteiger partial charge in [0.2, 0.25) is 0 Å². The van der Waals surface area contributed by atoms with Crippen LogP contribution in [0.15, 0.2) is 43.0 Å². The Morgan fingerprint density at radius 2 is 2.00 bits per heavy atom. The van der Waals surface area contributed by atoms with Crippen LogP contribution in [-0.4, -0.2) is 50.8 Å². The summed E-state index contributed by atoms with van der Waals surface area (Å²) >= 11 is 0. The highest BCUT2D eigenvalue weighted by Crippen LogP contribution is 2.36. The van der Waals surface area contributed by atoms with E-state index in [1.54, 1.807) is 11.0 Å². The van der Waals surface area contributed by atoms with Gasteiger partial charge >= 0.3 is 6.09 Å². The first-order valence-electron chi connectivity index (χ1n) is 9.28. The van der Waals surface area contributed by atoms with Crippen LogP contribution < -0.4 is 0 Å². The van der Waals surface area contributed by atoms with Crippen molar-refractivity contribution in [2.24, 2.45) is 0 Å². The first-order chi connectivity index (χ1) is 12.5. The van der Waals surface area contributed by atoms with Gasteiger partial charge < -0.3 is 14.7 Å². The zero-order chi connectivity index (χ0) is 20.4. The lowest BCUT2D eigenvalue weighted by atomic mass is 10.0.